The van der Waals surface area contributed by atoms with Gasteiger partial charge in [0.05, 0.1) is 32.8 Å². The number of halogens is 1. The van der Waals surface area contributed by atoms with E-state index < -0.39 is 0 Å². The predicted octanol–water partition coefficient (Wildman–Crippen LogP) is 6.88. The molecule has 2 aromatic rings. The Morgan fingerprint density at radius 2 is 1.12 bits per heavy atom. The summed E-state index contributed by atoms with van der Waals surface area (Å²) >= 11 is 0. The van der Waals surface area contributed by atoms with Crippen molar-refractivity contribution >= 4 is 5.78 Å². The van der Waals surface area contributed by atoms with Crippen molar-refractivity contribution in [1.82, 2.24) is 0 Å². The lowest BCUT2D eigenvalue weighted by molar-refractivity contribution is -0.858. The van der Waals surface area contributed by atoms with Gasteiger partial charge in [0.25, 0.3) is 0 Å². The molecule has 0 bridgehead atoms. The number of nitrogens with one attached hydrogen (secondary N) is 1. The quantitative estimate of drug-likeness (QED) is 0.0879. The highest BCUT2D eigenvalue weighted by molar-refractivity contribution is 6.10. The van der Waals surface area contributed by atoms with Gasteiger partial charge in [0.2, 0.25) is 0 Å². The van der Waals surface area contributed by atoms with Crippen LogP contribution in [0.3, 0.4) is 0 Å². The number of ether oxygens (including phenoxy) is 1. The van der Waals surface area contributed by atoms with E-state index in [0.717, 1.165) is 12.3 Å². The van der Waals surface area contributed by atoms with Gasteiger partial charge < -0.3 is 22.0 Å². The lowest BCUT2D eigenvalue weighted by Crippen LogP contribution is -3.05. The van der Waals surface area contributed by atoms with Crippen LogP contribution < -0.4 is 22.0 Å². The number of carbonyl (C=O) groups excluding carboxylic acids is 1. The minimum Gasteiger partial charge on any atom is -1.00 e. The summed E-state index contributed by atoms with van der Waals surface area (Å²) in [6.07, 6.45) is 27.4. The maximum Gasteiger partial charge on any atom is 0.196 e. The fraction of sp³-hybridized carbons (Fsp3) is 0.667. The summed E-state index contributed by atoms with van der Waals surface area (Å²) in [6.45, 7) is 4.30. The van der Waals surface area contributed by atoms with Gasteiger partial charge in [0, 0.05) is 5.56 Å². The van der Waals surface area contributed by atoms with Gasteiger partial charge in [-0.1, -0.05) is 152 Å². The molecule has 1 unspecified atom stereocenters. The normalized spacial score (nSPS) is 11.8. The van der Waals surface area contributed by atoms with Crippen LogP contribution in [-0.2, 0) is 0 Å². The number of carbonyl (C=O) groups is 1. The van der Waals surface area contributed by atoms with Crippen molar-refractivity contribution in [2.75, 3.05) is 27.2 Å². The van der Waals surface area contributed by atoms with Crippen molar-refractivity contribution < 1.29 is 26.8 Å². The molecule has 0 heterocycles. The van der Waals surface area contributed by atoms with Crippen molar-refractivity contribution in [3.63, 3.8) is 0 Å². The number of para-hydroxylation sites is 1. The van der Waals surface area contributed by atoms with Crippen molar-refractivity contribution in [1.29, 1.82) is 0 Å². The topological polar surface area (TPSA) is 30.7 Å². The van der Waals surface area contributed by atoms with Crippen LogP contribution in [0.2, 0.25) is 0 Å². The number of benzene rings is 2. The van der Waals surface area contributed by atoms with Crippen LogP contribution in [0.5, 0.6) is 5.75 Å². The van der Waals surface area contributed by atoms with Crippen molar-refractivity contribution in [2.45, 2.75) is 135 Å². The molecule has 0 aromatic heterocycles. The highest BCUT2D eigenvalue weighted by Gasteiger charge is 2.14. The number of rotatable bonds is 27. The van der Waals surface area contributed by atoms with Crippen molar-refractivity contribution in [3.8, 4) is 5.75 Å². The highest BCUT2D eigenvalue weighted by atomic mass is 35.5. The van der Waals surface area contributed by atoms with Crippen molar-refractivity contribution in [3.05, 3.63) is 65.7 Å². The molecule has 0 saturated carbocycles. The Morgan fingerprint density at radius 3 is 1.70 bits per heavy atom. The number of ketones is 1. The largest absolute Gasteiger partial charge is 1.00 e. The van der Waals surface area contributed by atoms with Crippen LogP contribution in [0.1, 0.15) is 151 Å². The Labute approximate surface area is 272 Å². The summed E-state index contributed by atoms with van der Waals surface area (Å²) in [6, 6.07) is 17.2. The van der Waals surface area contributed by atoms with E-state index >= 15 is 0 Å². The molecule has 244 valence electrons. The second kappa shape index (κ2) is 26.6. The molecule has 3 nitrogen and oxygen atoms in total. The van der Waals surface area contributed by atoms with Gasteiger partial charge in [-0.25, -0.2) is 0 Å². The fourth-order valence-electron chi connectivity index (χ4n) is 6.05. The molecule has 0 radical (unpaired) electrons. The second-order valence-corrected chi connectivity index (χ2v) is 12.9. The van der Waals surface area contributed by atoms with Crippen LogP contribution in [0.15, 0.2) is 54.6 Å². The van der Waals surface area contributed by atoms with E-state index in [-0.39, 0.29) is 18.2 Å². The molecule has 2 aromatic carbocycles. The average molecular weight is 614 g/mol. The third kappa shape index (κ3) is 19.2. The van der Waals surface area contributed by atoms with Gasteiger partial charge >= 0.3 is 0 Å². The molecule has 0 fully saturated rings. The fourth-order valence-corrected chi connectivity index (χ4v) is 6.05. The molecule has 0 aliphatic carbocycles. The Hall–Kier alpha value is -1.84. The first-order valence-electron chi connectivity index (χ1n) is 17.7. The van der Waals surface area contributed by atoms with E-state index in [1.54, 1.807) is 4.90 Å². The number of unbranched alkanes of at least 4 members (excludes halogenated alkanes) is 14. The maximum atomic E-state index is 13.0. The number of hydrogen-bond acceptors (Lipinski definition) is 2. The zero-order valence-electron chi connectivity index (χ0n) is 28.0. The average Bonchev–Trinajstić information content (AvgIpc) is 3.01. The summed E-state index contributed by atoms with van der Waals surface area (Å²) < 4.78 is 6.18. The molecule has 0 spiro atoms. The van der Waals surface area contributed by atoms with Crippen molar-refractivity contribution in [2.24, 2.45) is 5.92 Å². The molecule has 2 rings (SSSR count). The van der Waals surface area contributed by atoms with E-state index in [9.17, 15) is 4.79 Å². The third-order valence-electron chi connectivity index (χ3n) is 8.69. The van der Waals surface area contributed by atoms with Crippen LogP contribution >= 0.6 is 0 Å². The molecular formula is C39H64ClNO2. The smallest absolute Gasteiger partial charge is 0.196 e. The number of quaternary nitrogens is 1. The van der Waals surface area contributed by atoms with Crippen LogP contribution in [0.4, 0.5) is 0 Å². The molecule has 0 amide bonds. The first-order valence-corrected chi connectivity index (χ1v) is 17.7. The molecule has 4 heteroatoms. The zero-order chi connectivity index (χ0) is 30.1. The first kappa shape index (κ1) is 39.2. The lowest BCUT2D eigenvalue weighted by atomic mass is 9.90. The van der Waals surface area contributed by atoms with Gasteiger partial charge in [-0.2, -0.15) is 0 Å². The molecule has 0 aliphatic heterocycles. The SMILES string of the molecule is CCCCCCC(CCCCCCCCCCCCCC[NH+](C)C)CCCOc1ccccc1C(=O)c1ccccc1.[Cl-]. The third-order valence-corrected chi connectivity index (χ3v) is 8.69. The number of hydrogen-bond donors (Lipinski definition) is 1. The van der Waals surface area contributed by atoms with Gasteiger partial charge in [0.1, 0.15) is 5.75 Å². The molecule has 1 atom stereocenters. The van der Waals surface area contributed by atoms with E-state index in [4.69, 9.17) is 4.74 Å². The van der Waals surface area contributed by atoms with Crippen LogP contribution in [-0.4, -0.2) is 33.0 Å². The molecule has 43 heavy (non-hydrogen) atoms. The summed E-state index contributed by atoms with van der Waals surface area (Å²) in [5, 5.41) is 0. The van der Waals surface area contributed by atoms with Gasteiger partial charge in [-0.15, -0.1) is 0 Å². The van der Waals surface area contributed by atoms with E-state index in [1.807, 2.05) is 54.6 Å². The van der Waals surface area contributed by atoms with E-state index in [2.05, 4.69) is 21.0 Å². The predicted molar refractivity (Wildman–Crippen MR) is 181 cm³/mol. The van der Waals surface area contributed by atoms with Gasteiger partial charge in [-0.3, -0.25) is 4.79 Å². The Morgan fingerprint density at radius 1 is 0.628 bits per heavy atom. The standard InChI is InChI=1S/C39H63NO2.ClH/c1-4-5-6-18-26-35(27-19-15-13-11-9-7-8-10-12-14-16-24-33-40(2)3)28-25-34-42-38-32-23-22-31-37(38)39(41)36-29-20-17-21-30-36;/h17,20-23,29-32,35H,4-16,18-19,24-28,33-34H2,1-3H3;1H. The summed E-state index contributed by atoms with van der Waals surface area (Å²) in [4.78, 5) is 14.6. The van der Waals surface area contributed by atoms with E-state index in [0.29, 0.717) is 23.5 Å². The van der Waals surface area contributed by atoms with Gasteiger partial charge in [0.15, 0.2) is 5.78 Å². The minimum absolute atomic E-state index is 0. The lowest BCUT2D eigenvalue weighted by Gasteiger charge is -2.18. The molecular weight excluding hydrogens is 550 g/mol. The Bertz CT molecular complexity index is 916. The highest BCUT2D eigenvalue weighted by Crippen LogP contribution is 2.25. The zero-order valence-corrected chi connectivity index (χ0v) is 28.8. The van der Waals surface area contributed by atoms with Crippen LogP contribution in [0.25, 0.3) is 0 Å². The van der Waals surface area contributed by atoms with E-state index in [1.165, 1.54) is 129 Å². The van der Waals surface area contributed by atoms with Crippen LogP contribution in [0, 0.1) is 5.92 Å². The summed E-state index contributed by atoms with van der Waals surface area (Å²) in [7, 11) is 4.51. The monoisotopic (exact) mass is 613 g/mol. The molecule has 0 saturated heterocycles. The maximum absolute atomic E-state index is 13.0. The molecule has 0 aliphatic rings. The Kier molecular flexibility index (Phi) is 24.2. The minimum atomic E-state index is 0. The Balaban J connectivity index is 0.00000924. The summed E-state index contributed by atoms with van der Waals surface area (Å²) in [5.74, 6) is 1.56. The first-order chi connectivity index (χ1) is 20.6. The summed E-state index contributed by atoms with van der Waals surface area (Å²) in [5.41, 5.74) is 1.37. The molecule has 1 N–H and O–H groups in total. The second-order valence-electron chi connectivity index (χ2n) is 12.9. The van der Waals surface area contributed by atoms with Gasteiger partial charge in [-0.05, 0) is 43.7 Å².